The van der Waals surface area contributed by atoms with E-state index in [1.54, 1.807) is 7.11 Å². The van der Waals surface area contributed by atoms with Crippen LogP contribution in [0.4, 0.5) is 0 Å². The van der Waals surface area contributed by atoms with Crippen LogP contribution in [0.1, 0.15) is 53.9 Å². The highest BCUT2D eigenvalue weighted by Crippen LogP contribution is 2.23. The third-order valence-electron chi connectivity index (χ3n) is 2.55. The topological polar surface area (TPSA) is 21.3 Å². The van der Waals surface area contributed by atoms with Gasteiger partial charge < -0.3 is 10.1 Å². The Hall–Kier alpha value is -0.0800. The van der Waals surface area contributed by atoms with Crippen LogP contribution >= 0.6 is 0 Å². The Bertz CT molecular complexity index is 158. The van der Waals surface area contributed by atoms with Gasteiger partial charge in [0.15, 0.2) is 0 Å². The van der Waals surface area contributed by atoms with E-state index in [0.29, 0.717) is 5.41 Å². The standard InChI is InChI=1S/C13H29NO/c1-12(2,3)14-11-13(4,5)9-7-8-10-15-6/h14H,7-11H2,1-6H3. The fraction of sp³-hybridized carbons (Fsp3) is 1.00. The van der Waals surface area contributed by atoms with Gasteiger partial charge in [0, 0.05) is 25.8 Å². The van der Waals surface area contributed by atoms with Crippen LogP contribution in [0.5, 0.6) is 0 Å². The molecule has 15 heavy (non-hydrogen) atoms. The first-order chi connectivity index (χ1) is 6.77. The van der Waals surface area contributed by atoms with Crippen LogP contribution in [0.15, 0.2) is 0 Å². The highest BCUT2D eigenvalue weighted by Gasteiger charge is 2.20. The van der Waals surface area contributed by atoms with Crippen molar-refractivity contribution >= 4 is 0 Å². The van der Waals surface area contributed by atoms with Crippen molar-refractivity contribution in [2.45, 2.75) is 59.4 Å². The van der Waals surface area contributed by atoms with Crippen LogP contribution in [0.3, 0.4) is 0 Å². The zero-order valence-corrected chi connectivity index (χ0v) is 11.4. The normalized spacial score (nSPS) is 13.2. The van der Waals surface area contributed by atoms with E-state index < -0.39 is 0 Å². The molecule has 0 unspecified atom stereocenters. The molecule has 0 spiro atoms. The molecule has 0 radical (unpaired) electrons. The van der Waals surface area contributed by atoms with Gasteiger partial charge in [0.25, 0.3) is 0 Å². The van der Waals surface area contributed by atoms with Crippen molar-refractivity contribution < 1.29 is 4.74 Å². The molecule has 0 aliphatic heterocycles. The minimum atomic E-state index is 0.226. The summed E-state index contributed by atoms with van der Waals surface area (Å²) in [5.74, 6) is 0. The number of methoxy groups -OCH3 is 1. The monoisotopic (exact) mass is 215 g/mol. The summed E-state index contributed by atoms with van der Waals surface area (Å²) in [6.07, 6.45) is 3.70. The molecule has 2 nitrogen and oxygen atoms in total. The van der Waals surface area contributed by atoms with Gasteiger partial charge in [0.2, 0.25) is 0 Å². The SMILES string of the molecule is COCCCCC(C)(C)CNC(C)(C)C. The number of nitrogens with one attached hydrogen (secondary N) is 1. The van der Waals surface area contributed by atoms with Crippen molar-refractivity contribution in [3.63, 3.8) is 0 Å². The summed E-state index contributed by atoms with van der Waals surface area (Å²) in [6.45, 7) is 13.3. The van der Waals surface area contributed by atoms with E-state index in [9.17, 15) is 0 Å². The summed E-state index contributed by atoms with van der Waals surface area (Å²) in [6, 6.07) is 0. The van der Waals surface area contributed by atoms with Gasteiger partial charge in [-0.15, -0.1) is 0 Å². The predicted molar refractivity (Wildman–Crippen MR) is 67.3 cm³/mol. The van der Waals surface area contributed by atoms with Gasteiger partial charge in [0.05, 0.1) is 0 Å². The minimum absolute atomic E-state index is 0.226. The lowest BCUT2D eigenvalue weighted by Gasteiger charge is -2.30. The zero-order chi connectivity index (χ0) is 11.9. The molecule has 1 N–H and O–H groups in total. The molecule has 0 aromatic carbocycles. The van der Waals surface area contributed by atoms with Gasteiger partial charge in [-0.25, -0.2) is 0 Å². The molecule has 0 amide bonds. The summed E-state index contributed by atoms with van der Waals surface area (Å²) >= 11 is 0. The van der Waals surface area contributed by atoms with Crippen molar-refractivity contribution in [1.29, 1.82) is 0 Å². The highest BCUT2D eigenvalue weighted by molar-refractivity contribution is 4.78. The van der Waals surface area contributed by atoms with Crippen molar-refractivity contribution in [1.82, 2.24) is 5.32 Å². The second-order valence-electron chi connectivity index (χ2n) is 6.22. The van der Waals surface area contributed by atoms with E-state index in [1.165, 1.54) is 19.3 Å². The molecule has 2 heteroatoms. The Morgan fingerprint density at radius 3 is 2.07 bits per heavy atom. The zero-order valence-electron chi connectivity index (χ0n) is 11.4. The second kappa shape index (κ2) is 6.49. The van der Waals surface area contributed by atoms with Crippen LogP contribution in [0.25, 0.3) is 0 Å². The second-order valence-corrected chi connectivity index (χ2v) is 6.22. The van der Waals surface area contributed by atoms with Crippen LogP contribution in [-0.2, 0) is 4.74 Å². The van der Waals surface area contributed by atoms with E-state index in [4.69, 9.17) is 4.74 Å². The Balaban J connectivity index is 3.67. The fourth-order valence-corrected chi connectivity index (χ4v) is 1.44. The summed E-state index contributed by atoms with van der Waals surface area (Å²) in [5, 5.41) is 3.57. The summed E-state index contributed by atoms with van der Waals surface area (Å²) in [4.78, 5) is 0. The average Bonchev–Trinajstić information content (AvgIpc) is 2.09. The van der Waals surface area contributed by atoms with Crippen LogP contribution < -0.4 is 5.32 Å². The van der Waals surface area contributed by atoms with Gasteiger partial charge in [-0.1, -0.05) is 20.3 Å². The van der Waals surface area contributed by atoms with Crippen molar-refractivity contribution in [3.05, 3.63) is 0 Å². The molecule has 0 aromatic heterocycles. The average molecular weight is 215 g/mol. The maximum absolute atomic E-state index is 5.06. The molecule has 0 rings (SSSR count). The van der Waals surface area contributed by atoms with E-state index >= 15 is 0 Å². The number of hydrogen-bond acceptors (Lipinski definition) is 2. The maximum atomic E-state index is 5.06. The summed E-state index contributed by atoms with van der Waals surface area (Å²) in [7, 11) is 1.77. The summed E-state index contributed by atoms with van der Waals surface area (Å²) in [5.41, 5.74) is 0.616. The van der Waals surface area contributed by atoms with Gasteiger partial charge in [0.1, 0.15) is 0 Å². The molecule has 0 heterocycles. The Morgan fingerprint density at radius 2 is 1.60 bits per heavy atom. The summed E-state index contributed by atoms with van der Waals surface area (Å²) < 4.78 is 5.06. The Morgan fingerprint density at radius 1 is 1.00 bits per heavy atom. The molecule has 0 fully saturated rings. The quantitative estimate of drug-likeness (QED) is 0.658. The van der Waals surface area contributed by atoms with Gasteiger partial charge >= 0.3 is 0 Å². The third-order valence-corrected chi connectivity index (χ3v) is 2.55. The molecule has 0 bridgehead atoms. The van der Waals surface area contributed by atoms with E-state index in [-0.39, 0.29) is 5.54 Å². The van der Waals surface area contributed by atoms with E-state index in [2.05, 4.69) is 39.9 Å². The van der Waals surface area contributed by atoms with Crippen molar-refractivity contribution in [3.8, 4) is 0 Å². The number of hydrogen-bond donors (Lipinski definition) is 1. The van der Waals surface area contributed by atoms with Gasteiger partial charge in [-0.3, -0.25) is 0 Å². The maximum Gasteiger partial charge on any atom is 0.0462 e. The molecule has 0 aromatic rings. The van der Waals surface area contributed by atoms with Crippen molar-refractivity contribution in [2.24, 2.45) is 5.41 Å². The minimum Gasteiger partial charge on any atom is -0.385 e. The lowest BCUT2D eigenvalue weighted by Crippen LogP contribution is -2.41. The molecule has 0 aliphatic rings. The largest absolute Gasteiger partial charge is 0.385 e. The van der Waals surface area contributed by atoms with E-state index in [0.717, 1.165) is 13.2 Å². The predicted octanol–water partition coefficient (Wildman–Crippen LogP) is 3.22. The van der Waals surface area contributed by atoms with Gasteiger partial charge in [-0.05, 0) is 39.0 Å². The smallest absolute Gasteiger partial charge is 0.0462 e. The molecule has 0 atom stereocenters. The third kappa shape index (κ3) is 10.2. The lowest BCUT2D eigenvalue weighted by molar-refractivity contribution is 0.183. The lowest BCUT2D eigenvalue weighted by atomic mass is 9.86. The molecular formula is C13H29NO. The first kappa shape index (κ1) is 14.9. The number of unbranched alkanes of at least 4 members (excludes halogenated alkanes) is 1. The molecular weight excluding hydrogens is 186 g/mol. The van der Waals surface area contributed by atoms with Crippen LogP contribution in [0, 0.1) is 5.41 Å². The van der Waals surface area contributed by atoms with Crippen molar-refractivity contribution in [2.75, 3.05) is 20.3 Å². The molecule has 0 saturated carbocycles. The Kier molecular flexibility index (Phi) is 6.46. The fourth-order valence-electron chi connectivity index (χ4n) is 1.44. The molecule has 0 aliphatic carbocycles. The van der Waals surface area contributed by atoms with Crippen LogP contribution in [0.2, 0.25) is 0 Å². The number of rotatable bonds is 7. The first-order valence-electron chi connectivity index (χ1n) is 6.01. The number of ether oxygens (including phenoxy) is 1. The van der Waals surface area contributed by atoms with Crippen LogP contribution in [-0.4, -0.2) is 25.8 Å². The first-order valence-corrected chi connectivity index (χ1v) is 6.01. The highest BCUT2D eigenvalue weighted by atomic mass is 16.5. The molecule has 92 valence electrons. The Labute approximate surface area is 95.8 Å². The van der Waals surface area contributed by atoms with Gasteiger partial charge in [-0.2, -0.15) is 0 Å². The van der Waals surface area contributed by atoms with E-state index in [1.807, 2.05) is 0 Å². The molecule has 0 saturated heterocycles.